The minimum atomic E-state index is -3.42. The number of aryl methyl sites for hydroxylation is 1. The maximum absolute atomic E-state index is 12.7. The van der Waals surface area contributed by atoms with Crippen molar-refractivity contribution in [3.8, 4) is 0 Å². The first-order chi connectivity index (χ1) is 9.50. The molecule has 0 aliphatic heterocycles. The summed E-state index contributed by atoms with van der Waals surface area (Å²) in [7, 11) is -1.53. The Morgan fingerprint density at radius 1 is 1.20 bits per heavy atom. The van der Waals surface area contributed by atoms with Crippen LogP contribution in [0.15, 0.2) is 29.4 Å². The van der Waals surface area contributed by atoms with Crippen molar-refractivity contribution >= 4 is 21.1 Å². The summed E-state index contributed by atoms with van der Waals surface area (Å²) in [6.45, 7) is 5.08. The summed E-state index contributed by atoms with van der Waals surface area (Å²) in [5.74, 6) is 0. The Labute approximate surface area is 120 Å². The van der Waals surface area contributed by atoms with Crippen LogP contribution in [0.1, 0.15) is 26.7 Å². The van der Waals surface area contributed by atoms with Crippen LogP contribution in [0.25, 0.3) is 11.0 Å². The summed E-state index contributed by atoms with van der Waals surface area (Å²) in [4.78, 5) is 4.55. The Morgan fingerprint density at radius 3 is 2.45 bits per heavy atom. The predicted octanol–water partition coefficient (Wildman–Crippen LogP) is 2.38. The van der Waals surface area contributed by atoms with Crippen molar-refractivity contribution in [1.82, 2.24) is 13.9 Å². The van der Waals surface area contributed by atoms with Gasteiger partial charge in [-0.2, -0.15) is 4.31 Å². The molecule has 0 aliphatic rings. The number of hydrogen-bond donors (Lipinski definition) is 0. The molecule has 110 valence electrons. The van der Waals surface area contributed by atoms with Gasteiger partial charge in [-0.3, -0.25) is 0 Å². The van der Waals surface area contributed by atoms with Gasteiger partial charge in [0.15, 0.2) is 0 Å². The average molecular weight is 295 g/mol. The lowest BCUT2D eigenvalue weighted by atomic mass is 10.3. The fourth-order valence-electron chi connectivity index (χ4n) is 2.28. The van der Waals surface area contributed by atoms with Crippen LogP contribution < -0.4 is 0 Å². The second-order valence-corrected chi connectivity index (χ2v) is 6.85. The molecule has 0 saturated carbocycles. The van der Waals surface area contributed by atoms with E-state index in [1.807, 2.05) is 31.5 Å². The van der Waals surface area contributed by atoms with Crippen molar-refractivity contribution in [2.45, 2.75) is 31.6 Å². The minimum absolute atomic E-state index is 0.325. The highest BCUT2D eigenvalue weighted by molar-refractivity contribution is 7.89. The predicted molar refractivity (Wildman–Crippen MR) is 80.1 cm³/mol. The second-order valence-electron chi connectivity index (χ2n) is 4.91. The SMILES string of the molecule is CCCN(CCC)S(=O)(=O)c1ccc2c(c1)ncn2C. The van der Waals surface area contributed by atoms with E-state index in [9.17, 15) is 8.42 Å². The number of hydrogen-bond acceptors (Lipinski definition) is 3. The van der Waals surface area contributed by atoms with Crippen molar-refractivity contribution in [3.05, 3.63) is 24.5 Å². The summed E-state index contributed by atoms with van der Waals surface area (Å²) >= 11 is 0. The highest BCUT2D eigenvalue weighted by atomic mass is 32.2. The molecule has 0 aliphatic carbocycles. The van der Waals surface area contributed by atoms with Crippen molar-refractivity contribution in [2.75, 3.05) is 13.1 Å². The van der Waals surface area contributed by atoms with Gasteiger partial charge in [0.05, 0.1) is 22.3 Å². The van der Waals surface area contributed by atoms with Crippen LogP contribution in [0.2, 0.25) is 0 Å². The number of sulfonamides is 1. The normalized spacial score (nSPS) is 12.4. The molecule has 6 heteroatoms. The van der Waals surface area contributed by atoms with Crippen molar-refractivity contribution < 1.29 is 8.42 Å². The first kappa shape index (κ1) is 15.0. The summed E-state index contributed by atoms with van der Waals surface area (Å²) in [6.07, 6.45) is 3.31. The second kappa shape index (κ2) is 5.93. The molecule has 0 radical (unpaired) electrons. The van der Waals surface area contributed by atoms with E-state index in [1.54, 1.807) is 22.8 Å². The van der Waals surface area contributed by atoms with Gasteiger partial charge in [0.2, 0.25) is 10.0 Å². The highest BCUT2D eigenvalue weighted by Crippen LogP contribution is 2.21. The van der Waals surface area contributed by atoms with Gasteiger partial charge in [-0.15, -0.1) is 0 Å². The molecular formula is C14H21N3O2S. The van der Waals surface area contributed by atoms with E-state index in [2.05, 4.69) is 4.98 Å². The quantitative estimate of drug-likeness (QED) is 0.822. The molecule has 0 N–H and O–H groups in total. The monoisotopic (exact) mass is 295 g/mol. The molecule has 20 heavy (non-hydrogen) atoms. The van der Waals surface area contributed by atoms with Crippen LogP contribution in [0, 0.1) is 0 Å². The average Bonchev–Trinajstić information content (AvgIpc) is 2.80. The number of rotatable bonds is 6. The number of aromatic nitrogens is 2. The standard InChI is InChI=1S/C14H21N3O2S/c1-4-8-17(9-5-2)20(18,19)12-6-7-14-13(10-12)15-11-16(14)3/h6-7,10-11H,4-5,8-9H2,1-3H3. The summed E-state index contributed by atoms with van der Waals surface area (Å²) in [5, 5.41) is 0. The third-order valence-corrected chi connectivity index (χ3v) is 5.18. The highest BCUT2D eigenvalue weighted by Gasteiger charge is 2.23. The summed E-state index contributed by atoms with van der Waals surface area (Å²) < 4.78 is 28.7. The van der Waals surface area contributed by atoms with Gasteiger partial charge in [0.25, 0.3) is 0 Å². The Bertz CT molecular complexity index is 686. The van der Waals surface area contributed by atoms with E-state index >= 15 is 0 Å². The fourth-order valence-corrected chi connectivity index (χ4v) is 3.92. The first-order valence-electron chi connectivity index (χ1n) is 6.92. The molecular weight excluding hydrogens is 274 g/mol. The van der Waals surface area contributed by atoms with Crippen LogP contribution in [-0.4, -0.2) is 35.4 Å². The number of imidazole rings is 1. The molecule has 1 aromatic carbocycles. The Kier molecular flexibility index (Phi) is 4.45. The van der Waals surface area contributed by atoms with E-state index < -0.39 is 10.0 Å². The largest absolute Gasteiger partial charge is 0.334 e. The van der Waals surface area contributed by atoms with Crippen molar-refractivity contribution in [3.63, 3.8) is 0 Å². The van der Waals surface area contributed by atoms with E-state index in [1.165, 1.54) is 0 Å². The molecule has 2 rings (SSSR count). The lowest BCUT2D eigenvalue weighted by molar-refractivity contribution is 0.410. The topological polar surface area (TPSA) is 55.2 Å². The van der Waals surface area contributed by atoms with Crippen LogP contribution in [-0.2, 0) is 17.1 Å². The third kappa shape index (κ3) is 2.71. The zero-order valence-electron chi connectivity index (χ0n) is 12.2. The van der Waals surface area contributed by atoms with E-state index in [0.29, 0.717) is 23.5 Å². The first-order valence-corrected chi connectivity index (χ1v) is 8.36. The zero-order valence-corrected chi connectivity index (χ0v) is 13.0. The van der Waals surface area contributed by atoms with Crippen molar-refractivity contribution in [1.29, 1.82) is 0 Å². The lowest BCUT2D eigenvalue weighted by Crippen LogP contribution is -2.32. The Morgan fingerprint density at radius 2 is 1.85 bits per heavy atom. The fraction of sp³-hybridized carbons (Fsp3) is 0.500. The number of fused-ring (bicyclic) bond motifs is 1. The molecule has 1 heterocycles. The molecule has 0 atom stereocenters. The molecule has 5 nitrogen and oxygen atoms in total. The van der Waals surface area contributed by atoms with Crippen LogP contribution in [0.5, 0.6) is 0 Å². The maximum Gasteiger partial charge on any atom is 0.243 e. The van der Waals surface area contributed by atoms with Gasteiger partial charge >= 0.3 is 0 Å². The Balaban J connectivity index is 2.44. The van der Waals surface area contributed by atoms with Gasteiger partial charge in [-0.05, 0) is 31.0 Å². The maximum atomic E-state index is 12.7. The number of benzene rings is 1. The van der Waals surface area contributed by atoms with Crippen LogP contribution >= 0.6 is 0 Å². The molecule has 0 bridgehead atoms. The van der Waals surface area contributed by atoms with E-state index in [0.717, 1.165) is 18.4 Å². The Hall–Kier alpha value is -1.40. The van der Waals surface area contributed by atoms with Gasteiger partial charge in [-0.25, -0.2) is 13.4 Å². The molecule has 0 unspecified atom stereocenters. The molecule has 0 saturated heterocycles. The summed E-state index contributed by atoms with van der Waals surface area (Å²) in [5.41, 5.74) is 1.64. The molecule has 0 amide bonds. The summed E-state index contributed by atoms with van der Waals surface area (Å²) in [6, 6.07) is 5.13. The zero-order chi connectivity index (χ0) is 14.8. The van der Waals surface area contributed by atoms with Gasteiger partial charge in [0.1, 0.15) is 0 Å². The smallest absolute Gasteiger partial charge is 0.243 e. The van der Waals surface area contributed by atoms with Crippen LogP contribution in [0.4, 0.5) is 0 Å². The van der Waals surface area contributed by atoms with Crippen LogP contribution in [0.3, 0.4) is 0 Å². The van der Waals surface area contributed by atoms with Gasteiger partial charge < -0.3 is 4.57 Å². The number of nitrogens with zero attached hydrogens (tertiary/aromatic N) is 3. The molecule has 1 aromatic heterocycles. The van der Waals surface area contributed by atoms with Gasteiger partial charge in [-0.1, -0.05) is 13.8 Å². The van der Waals surface area contributed by atoms with Gasteiger partial charge in [0, 0.05) is 20.1 Å². The third-order valence-electron chi connectivity index (χ3n) is 3.28. The van der Waals surface area contributed by atoms with E-state index in [4.69, 9.17) is 0 Å². The van der Waals surface area contributed by atoms with Crippen molar-refractivity contribution in [2.24, 2.45) is 7.05 Å². The molecule has 2 aromatic rings. The molecule has 0 fully saturated rings. The minimum Gasteiger partial charge on any atom is -0.334 e. The lowest BCUT2D eigenvalue weighted by Gasteiger charge is -2.20. The molecule has 0 spiro atoms. The van der Waals surface area contributed by atoms with E-state index in [-0.39, 0.29) is 0 Å².